The Morgan fingerprint density at radius 1 is 1.06 bits per heavy atom. The summed E-state index contributed by atoms with van der Waals surface area (Å²) in [4.78, 5) is 24.2. The van der Waals surface area contributed by atoms with Crippen LogP contribution in [-0.2, 0) is 22.7 Å². The van der Waals surface area contributed by atoms with Crippen molar-refractivity contribution in [1.29, 1.82) is 0 Å². The molecule has 166 valence electrons. The van der Waals surface area contributed by atoms with E-state index < -0.39 is 11.6 Å². The molecule has 0 spiro atoms. The number of ketones is 1. The van der Waals surface area contributed by atoms with Crippen LogP contribution in [0.3, 0.4) is 0 Å². The van der Waals surface area contributed by atoms with Crippen molar-refractivity contribution in [3.05, 3.63) is 101 Å². The van der Waals surface area contributed by atoms with Gasteiger partial charge in [-0.15, -0.1) is 0 Å². The number of allylic oxidation sites excluding steroid dienone is 1. The molecule has 0 bridgehead atoms. The van der Waals surface area contributed by atoms with Crippen molar-refractivity contribution in [2.45, 2.75) is 45.9 Å². The summed E-state index contributed by atoms with van der Waals surface area (Å²) in [5.74, 6) is -0.946. The third-order valence-electron chi connectivity index (χ3n) is 5.65. The number of nitrogens with zero attached hydrogens (tertiary/aromatic N) is 1. The molecule has 0 aliphatic carbocycles. The van der Waals surface area contributed by atoms with E-state index in [9.17, 15) is 14.7 Å². The number of aromatic nitrogens is 1. The van der Waals surface area contributed by atoms with Gasteiger partial charge in [-0.3, -0.25) is 4.79 Å². The fourth-order valence-electron chi connectivity index (χ4n) is 3.22. The Kier molecular flexibility index (Phi) is 7.44. The van der Waals surface area contributed by atoms with Gasteiger partial charge in [-0.1, -0.05) is 73.2 Å². The summed E-state index contributed by atoms with van der Waals surface area (Å²) >= 11 is 0. The van der Waals surface area contributed by atoms with Crippen molar-refractivity contribution in [1.82, 2.24) is 4.57 Å². The minimum absolute atomic E-state index is 0.00759. The van der Waals surface area contributed by atoms with Crippen LogP contribution in [0.15, 0.2) is 72.9 Å². The molecule has 0 aliphatic heterocycles. The molecule has 0 saturated heterocycles. The zero-order valence-corrected chi connectivity index (χ0v) is 18.7. The average molecular weight is 432 g/mol. The lowest BCUT2D eigenvalue weighted by Crippen LogP contribution is -2.37. The molecule has 5 heteroatoms. The first kappa shape index (κ1) is 23.2. The van der Waals surface area contributed by atoms with Crippen LogP contribution in [0.4, 0.5) is 0 Å². The smallest absolute Gasteiger partial charge is 0.335 e. The van der Waals surface area contributed by atoms with E-state index in [1.165, 1.54) is 0 Å². The monoisotopic (exact) mass is 431 g/mol. The molecule has 1 N–H and O–H groups in total. The summed E-state index contributed by atoms with van der Waals surface area (Å²) in [5.41, 5.74) is 3.22. The fraction of sp³-hybridized carbons (Fsp3) is 0.259. The summed E-state index contributed by atoms with van der Waals surface area (Å²) in [5, 5.41) is 9.30. The Hall–Kier alpha value is -3.44. The Bertz CT molecular complexity index is 1090. The van der Waals surface area contributed by atoms with Gasteiger partial charge in [0.15, 0.2) is 5.60 Å². The molecular weight excluding hydrogens is 402 g/mol. The highest BCUT2D eigenvalue weighted by Gasteiger charge is 2.31. The fourth-order valence-corrected chi connectivity index (χ4v) is 3.22. The lowest BCUT2D eigenvalue weighted by atomic mass is 10.0. The molecule has 1 aromatic heterocycles. The largest absolute Gasteiger partial charge is 0.479 e. The van der Waals surface area contributed by atoms with E-state index in [4.69, 9.17) is 4.74 Å². The molecular formula is C27H29NO4. The van der Waals surface area contributed by atoms with Crippen LogP contribution < -0.4 is 0 Å². The van der Waals surface area contributed by atoms with Crippen molar-refractivity contribution < 1.29 is 19.4 Å². The zero-order chi connectivity index (χ0) is 23.1. The number of hydrogen-bond acceptors (Lipinski definition) is 3. The molecule has 3 rings (SSSR count). The van der Waals surface area contributed by atoms with Crippen LogP contribution in [-0.4, -0.2) is 27.0 Å². The van der Waals surface area contributed by atoms with E-state index in [2.05, 4.69) is 0 Å². The minimum Gasteiger partial charge on any atom is -0.479 e. The second-order valence-electron chi connectivity index (χ2n) is 8.06. The predicted molar refractivity (Wildman–Crippen MR) is 126 cm³/mol. The number of carboxylic acids is 1. The van der Waals surface area contributed by atoms with Gasteiger partial charge in [-0.25, -0.2) is 4.79 Å². The summed E-state index contributed by atoms with van der Waals surface area (Å²) < 4.78 is 7.55. The highest BCUT2D eigenvalue weighted by atomic mass is 16.5. The highest BCUT2D eigenvalue weighted by molar-refractivity contribution is 6.08. The maximum absolute atomic E-state index is 12.8. The number of carboxylic acid groups (broad SMARTS) is 1. The average Bonchev–Trinajstić information content (AvgIpc) is 3.26. The number of hydrogen-bond donors (Lipinski definition) is 1. The van der Waals surface area contributed by atoms with E-state index >= 15 is 0 Å². The molecule has 0 aliphatic rings. The molecule has 5 nitrogen and oxygen atoms in total. The van der Waals surface area contributed by atoms with Gasteiger partial charge in [0.2, 0.25) is 5.78 Å². The normalized spacial score (nSPS) is 13.2. The van der Waals surface area contributed by atoms with Crippen LogP contribution in [0.5, 0.6) is 0 Å². The summed E-state index contributed by atoms with van der Waals surface area (Å²) in [6.07, 6.45) is 6.31. The summed E-state index contributed by atoms with van der Waals surface area (Å²) in [6, 6.07) is 19.1. The number of aliphatic carboxylic acids is 1. The second kappa shape index (κ2) is 10.2. The molecule has 0 saturated carbocycles. The van der Waals surface area contributed by atoms with E-state index in [1.807, 2.05) is 90.5 Å². The van der Waals surface area contributed by atoms with Crippen molar-refractivity contribution in [2.75, 3.05) is 0 Å². The predicted octanol–water partition coefficient (Wildman–Crippen LogP) is 5.51. The quantitative estimate of drug-likeness (QED) is 0.430. The van der Waals surface area contributed by atoms with Gasteiger partial charge in [-0.05, 0) is 43.5 Å². The number of carbonyl (C=O) groups excluding carboxylic acids is 1. The Labute approximate surface area is 189 Å². The van der Waals surface area contributed by atoms with E-state index in [-0.39, 0.29) is 12.4 Å². The lowest BCUT2D eigenvalue weighted by Gasteiger charge is -2.23. The van der Waals surface area contributed by atoms with E-state index in [1.54, 1.807) is 13.8 Å². The van der Waals surface area contributed by atoms with Crippen molar-refractivity contribution >= 4 is 17.8 Å². The third-order valence-corrected chi connectivity index (χ3v) is 5.65. The van der Waals surface area contributed by atoms with Crippen LogP contribution in [0, 0.1) is 6.92 Å². The minimum atomic E-state index is -1.18. The number of benzene rings is 2. The number of rotatable bonds is 10. The lowest BCUT2D eigenvalue weighted by molar-refractivity contribution is -0.165. The number of aryl methyl sites for hydroxylation is 1. The Morgan fingerprint density at radius 2 is 1.75 bits per heavy atom. The first-order chi connectivity index (χ1) is 15.3. The Balaban J connectivity index is 1.60. The standard InChI is InChI=1S/C27H29NO4/c1-4-27(3,26(30)31)32-19-22-13-11-21(12-14-22)7-5-17-28-18-6-8-24(28)25(29)23-15-9-20(2)10-16-23/h5-16,18H,4,17,19H2,1-3H3,(H,30,31). The van der Waals surface area contributed by atoms with Gasteiger partial charge in [0.25, 0.3) is 0 Å². The molecule has 32 heavy (non-hydrogen) atoms. The first-order valence-corrected chi connectivity index (χ1v) is 10.7. The van der Waals surface area contributed by atoms with Gasteiger partial charge in [0.1, 0.15) is 0 Å². The molecule has 0 radical (unpaired) electrons. The molecule has 1 unspecified atom stereocenters. The molecule has 1 atom stereocenters. The highest BCUT2D eigenvalue weighted by Crippen LogP contribution is 2.19. The summed E-state index contributed by atoms with van der Waals surface area (Å²) in [6.45, 7) is 6.21. The van der Waals surface area contributed by atoms with Gasteiger partial charge in [-0.2, -0.15) is 0 Å². The molecule has 0 amide bonds. The topological polar surface area (TPSA) is 68.5 Å². The van der Waals surface area contributed by atoms with Gasteiger partial charge >= 0.3 is 5.97 Å². The SMILES string of the molecule is CCC(C)(OCc1ccc(C=CCn2cccc2C(=O)c2ccc(C)cc2)cc1)C(=O)O. The first-order valence-electron chi connectivity index (χ1n) is 10.7. The zero-order valence-electron chi connectivity index (χ0n) is 18.7. The van der Waals surface area contributed by atoms with Crippen LogP contribution in [0.1, 0.15) is 53.0 Å². The van der Waals surface area contributed by atoms with Crippen molar-refractivity contribution in [3.63, 3.8) is 0 Å². The molecule has 0 fully saturated rings. The van der Waals surface area contributed by atoms with Crippen LogP contribution in [0.25, 0.3) is 6.08 Å². The van der Waals surface area contributed by atoms with E-state index in [0.29, 0.717) is 24.2 Å². The molecule has 1 heterocycles. The van der Waals surface area contributed by atoms with Gasteiger partial charge in [0, 0.05) is 18.3 Å². The maximum Gasteiger partial charge on any atom is 0.335 e. The van der Waals surface area contributed by atoms with Crippen LogP contribution in [0.2, 0.25) is 0 Å². The molecule has 2 aromatic carbocycles. The van der Waals surface area contributed by atoms with Crippen molar-refractivity contribution in [2.24, 2.45) is 0 Å². The number of ether oxygens (including phenoxy) is 1. The summed E-state index contributed by atoms with van der Waals surface area (Å²) in [7, 11) is 0. The van der Waals surface area contributed by atoms with Gasteiger partial charge in [0.05, 0.1) is 12.3 Å². The van der Waals surface area contributed by atoms with Gasteiger partial charge < -0.3 is 14.4 Å². The van der Waals surface area contributed by atoms with Crippen molar-refractivity contribution in [3.8, 4) is 0 Å². The number of carbonyl (C=O) groups is 2. The molecule has 3 aromatic rings. The van der Waals surface area contributed by atoms with Crippen LogP contribution >= 0.6 is 0 Å². The maximum atomic E-state index is 12.8. The Morgan fingerprint density at radius 3 is 2.38 bits per heavy atom. The van der Waals surface area contributed by atoms with E-state index in [0.717, 1.165) is 16.7 Å². The third kappa shape index (κ3) is 5.62. The second-order valence-corrected chi connectivity index (χ2v) is 8.06.